The van der Waals surface area contributed by atoms with E-state index in [-0.39, 0.29) is 0 Å². The molecule has 0 radical (unpaired) electrons. The fourth-order valence-corrected chi connectivity index (χ4v) is 3.61. The van der Waals surface area contributed by atoms with E-state index in [9.17, 15) is 4.79 Å². The van der Waals surface area contributed by atoms with Crippen LogP contribution in [0.5, 0.6) is 0 Å². The number of carbonyl (C=O) groups excluding carboxylic acids is 1. The molecule has 0 aromatic carbocycles. The third kappa shape index (κ3) is 3.83. The van der Waals surface area contributed by atoms with Crippen molar-refractivity contribution in [2.24, 2.45) is 5.92 Å². The molecule has 1 aliphatic heterocycles. The van der Waals surface area contributed by atoms with Crippen LogP contribution in [-0.4, -0.2) is 36.6 Å². The highest BCUT2D eigenvalue weighted by molar-refractivity contribution is 7.09. The Morgan fingerprint density at radius 1 is 1.40 bits per heavy atom. The number of thiophene rings is 1. The maximum absolute atomic E-state index is 12.4. The van der Waals surface area contributed by atoms with Crippen molar-refractivity contribution in [3.05, 3.63) is 22.4 Å². The van der Waals surface area contributed by atoms with Gasteiger partial charge in [0.1, 0.15) is 0 Å². The quantitative estimate of drug-likeness (QED) is 0.773. The number of rotatable bonds is 7. The highest BCUT2D eigenvalue weighted by Gasteiger charge is 2.34. The van der Waals surface area contributed by atoms with E-state index in [0.29, 0.717) is 24.3 Å². The van der Waals surface area contributed by atoms with Crippen molar-refractivity contribution in [2.45, 2.75) is 44.6 Å². The van der Waals surface area contributed by atoms with Gasteiger partial charge in [0, 0.05) is 36.4 Å². The van der Waals surface area contributed by atoms with Gasteiger partial charge in [-0.2, -0.15) is 0 Å². The van der Waals surface area contributed by atoms with Crippen molar-refractivity contribution < 1.29 is 9.53 Å². The zero-order valence-corrected chi connectivity index (χ0v) is 12.7. The molecule has 2 fully saturated rings. The minimum absolute atomic E-state index is 0.357. The van der Waals surface area contributed by atoms with Crippen LogP contribution in [0.25, 0.3) is 0 Å². The van der Waals surface area contributed by atoms with Crippen molar-refractivity contribution in [2.75, 3.05) is 19.8 Å². The molecule has 1 aliphatic carbocycles. The van der Waals surface area contributed by atoms with Crippen LogP contribution < -0.4 is 0 Å². The van der Waals surface area contributed by atoms with Gasteiger partial charge in [0.15, 0.2) is 0 Å². The molecule has 1 aromatic rings. The largest absolute Gasteiger partial charge is 0.381 e. The fraction of sp³-hybridized carbons (Fsp3) is 0.688. The monoisotopic (exact) mass is 293 g/mol. The Hall–Kier alpha value is -0.870. The molecule has 1 aromatic heterocycles. The second kappa shape index (κ2) is 6.72. The zero-order valence-electron chi connectivity index (χ0n) is 11.9. The first-order chi connectivity index (χ1) is 9.83. The second-order valence-electron chi connectivity index (χ2n) is 5.94. The lowest BCUT2D eigenvalue weighted by atomic mass is 10.1. The van der Waals surface area contributed by atoms with Crippen LogP contribution in [0, 0.1) is 5.92 Å². The van der Waals surface area contributed by atoms with Crippen molar-refractivity contribution in [1.29, 1.82) is 0 Å². The first-order valence-corrected chi connectivity index (χ1v) is 8.60. The Morgan fingerprint density at radius 3 is 2.95 bits per heavy atom. The summed E-state index contributed by atoms with van der Waals surface area (Å²) in [5.74, 6) is 0.924. The summed E-state index contributed by atoms with van der Waals surface area (Å²) < 4.78 is 5.43. The van der Waals surface area contributed by atoms with E-state index < -0.39 is 0 Å². The number of amides is 1. The maximum Gasteiger partial charge on any atom is 0.222 e. The van der Waals surface area contributed by atoms with Crippen molar-refractivity contribution >= 4 is 17.2 Å². The minimum Gasteiger partial charge on any atom is -0.381 e. The summed E-state index contributed by atoms with van der Waals surface area (Å²) in [5, 5.41) is 2.10. The molecular weight excluding hydrogens is 270 g/mol. The number of aryl methyl sites for hydroxylation is 1. The molecule has 1 atom stereocenters. The Balaban J connectivity index is 1.45. The molecule has 3 rings (SSSR count). The lowest BCUT2D eigenvalue weighted by Gasteiger charge is -2.25. The normalized spacial score (nSPS) is 22.1. The van der Waals surface area contributed by atoms with Crippen molar-refractivity contribution in [3.63, 3.8) is 0 Å². The van der Waals surface area contributed by atoms with Crippen LogP contribution in [-0.2, 0) is 16.0 Å². The summed E-state index contributed by atoms with van der Waals surface area (Å²) in [6.45, 7) is 2.63. The van der Waals surface area contributed by atoms with Gasteiger partial charge in [-0.3, -0.25) is 4.79 Å². The molecule has 0 N–H and O–H groups in total. The molecule has 20 heavy (non-hydrogen) atoms. The molecule has 1 saturated heterocycles. The lowest BCUT2D eigenvalue weighted by molar-refractivity contribution is -0.132. The Morgan fingerprint density at radius 2 is 2.30 bits per heavy atom. The third-order valence-electron chi connectivity index (χ3n) is 4.18. The smallest absolute Gasteiger partial charge is 0.222 e. The zero-order chi connectivity index (χ0) is 13.8. The van der Waals surface area contributed by atoms with Crippen LogP contribution in [0.4, 0.5) is 0 Å². The van der Waals surface area contributed by atoms with E-state index in [1.807, 2.05) is 0 Å². The third-order valence-corrected chi connectivity index (χ3v) is 5.12. The summed E-state index contributed by atoms with van der Waals surface area (Å²) in [6, 6.07) is 4.77. The summed E-state index contributed by atoms with van der Waals surface area (Å²) in [5.41, 5.74) is 0. The van der Waals surface area contributed by atoms with Crippen molar-refractivity contribution in [1.82, 2.24) is 4.90 Å². The molecule has 4 heteroatoms. The van der Waals surface area contributed by atoms with Gasteiger partial charge in [0.25, 0.3) is 0 Å². The van der Waals surface area contributed by atoms with Crippen LogP contribution in [0.1, 0.15) is 37.0 Å². The van der Waals surface area contributed by atoms with E-state index in [1.165, 1.54) is 17.7 Å². The molecule has 0 unspecified atom stereocenters. The van der Waals surface area contributed by atoms with Gasteiger partial charge in [0.05, 0.1) is 6.61 Å². The summed E-state index contributed by atoms with van der Waals surface area (Å²) >= 11 is 1.79. The molecule has 110 valence electrons. The molecule has 3 nitrogen and oxygen atoms in total. The van der Waals surface area contributed by atoms with Gasteiger partial charge in [-0.25, -0.2) is 0 Å². The number of hydrogen-bond acceptors (Lipinski definition) is 3. The first kappa shape index (κ1) is 14.1. The molecular formula is C16H23NO2S. The predicted octanol–water partition coefficient (Wildman–Crippen LogP) is 3.10. The van der Waals surface area contributed by atoms with E-state index in [0.717, 1.165) is 39.0 Å². The molecule has 2 heterocycles. The van der Waals surface area contributed by atoms with Gasteiger partial charge in [-0.05, 0) is 43.6 Å². The lowest BCUT2D eigenvalue weighted by Crippen LogP contribution is -2.37. The molecule has 1 amide bonds. The SMILES string of the molecule is O=C(CCCc1cccs1)N(C[C@@H]1CCOC1)C1CC1. The van der Waals surface area contributed by atoms with Gasteiger partial charge in [-0.1, -0.05) is 6.07 Å². The molecule has 0 spiro atoms. The van der Waals surface area contributed by atoms with Crippen LogP contribution >= 0.6 is 11.3 Å². The highest BCUT2D eigenvalue weighted by atomic mass is 32.1. The average Bonchev–Trinajstić information content (AvgIpc) is 2.93. The second-order valence-corrected chi connectivity index (χ2v) is 6.97. The molecule has 1 saturated carbocycles. The number of hydrogen-bond donors (Lipinski definition) is 0. The number of ether oxygens (including phenoxy) is 1. The highest BCUT2D eigenvalue weighted by Crippen LogP contribution is 2.29. The topological polar surface area (TPSA) is 29.5 Å². The van der Waals surface area contributed by atoms with Crippen LogP contribution in [0.15, 0.2) is 17.5 Å². The van der Waals surface area contributed by atoms with Crippen molar-refractivity contribution in [3.8, 4) is 0 Å². The van der Waals surface area contributed by atoms with E-state index >= 15 is 0 Å². The minimum atomic E-state index is 0.357. The Kier molecular flexibility index (Phi) is 4.73. The molecule has 0 bridgehead atoms. The Bertz CT molecular complexity index is 422. The first-order valence-electron chi connectivity index (χ1n) is 7.72. The fourth-order valence-electron chi connectivity index (χ4n) is 2.86. The van der Waals surface area contributed by atoms with E-state index in [1.54, 1.807) is 11.3 Å². The number of carbonyl (C=O) groups is 1. The van der Waals surface area contributed by atoms with Gasteiger partial charge in [-0.15, -0.1) is 11.3 Å². The van der Waals surface area contributed by atoms with Gasteiger partial charge >= 0.3 is 0 Å². The molecule has 2 aliphatic rings. The standard InChI is InChI=1S/C16H23NO2S/c18-16(5-1-3-15-4-2-10-20-15)17(14-6-7-14)11-13-8-9-19-12-13/h2,4,10,13-14H,1,3,5-9,11-12H2/t13-/m0/s1. The Labute approximate surface area is 124 Å². The van der Waals surface area contributed by atoms with Gasteiger partial charge < -0.3 is 9.64 Å². The van der Waals surface area contributed by atoms with E-state index in [4.69, 9.17) is 4.74 Å². The number of nitrogens with zero attached hydrogens (tertiary/aromatic N) is 1. The summed E-state index contributed by atoms with van der Waals surface area (Å²) in [4.78, 5) is 16.0. The van der Waals surface area contributed by atoms with Crippen LogP contribution in [0.3, 0.4) is 0 Å². The maximum atomic E-state index is 12.4. The van der Waals surface area contributed by atoms with Gasteiger partial charge in [0.2, 0.25) is 5.91 Å². The average molecular weight is 293 g/mol. The van der Waals surface area contributed by atoms with E-state index in [2.05, 4.69) is 22.4 Å². The predicted molar refractivity (Wildman–Crippen MR) is 80.9 cm³/mol. The van der Waals surface area contributed by atoms with Crippen LogP contribution in [0.2, 0.25) is 0 Å². The summed E-state index contributed by atoms with van der Waals surface area (Å²) in [7, 11) is 0. The summed E-state index contributed by atoms with van der Waals surface area (Å²) in [6.07, 6.45) is 6.22.